The zero-order valence-electron chi connectivity index (χ0n) is 10.5. The van der Waals surface area contributed by atoms with E-state index < -0.39 is 5.97 Å². The van der Waals surface area contributed by atoms with Gasteiger partial charge in [0.05, 0.1) is 6.54 Å². The van der Waals surface area contributed by atoms with E-state index in [0.717, 1.165) is 0 Å². The van der Waals surface area contributed by atoms with Gasteiger partial charge in [0.15, 0.2) is 0 Å². The lowest BCUT2D eigenvalue weighted by atomic mass is 9.95. The van der Waals surface area contributed by atoms with E-state index in [1.54, 1.807) is 6.07 Å². The van der Waals surface area contributed by atoms with Gasteiger partial charge < -0.3 is 25.7 Å². The molecule has 0 fully saturated rings. The maximum atomic E-state index is 10.4. The zero-order valence-corrected chi connectivity index (χ0v) is 10.5. The van der Waals surface area contributed by atoms with Gasteiger partial charge in [-0.05, 0) is 36.9 Å². The van der Waals surface area contributed by atoms with Gasteiger partial charge in [0, 0.05) is 12.7 Å². The van der Waals surface area contributed by atoms with Gasteiger partial charge in [-0.15, -0.1) is 0 Å². The van der Waals surface area contributed by atoms with Gasteiger partial charge >= 0.3 is 5.97 Å². The summed E-state index contributed by atoms with van der Waals surface area (Å²) < 4.78 is 0. The summed E-state index contributed by atoms with van der Waals surface area (Å²) >= 11 is 0. The van der Waals surface area contributed by atoms with Gasteiger partial charge in [-0.25, -0.2) is 0 Å². The molecular formula is C13H19NO5. The van der Waals surface area contributed by atoms with Crippen LogP contribution in [0.15, 0.2) is 18.2 Å². The van der Waals surface area contributed by atoms with Crippen molar-refractivity contribution in [2.75, 3.05) is 19.7 Å². The highest BCUT2D eigenvalue weighted by atomic mass is 16.4. The number of carbonyl (C=O) groups is 1. The molecule has 1 atom stereocenters. The number of rotatable bonds is 8. The van der Waals surface area contributed by atoms with E-state index in [4.69, 9.17) is 10.2 Å². The van der Waals surface area contributed by atoms with Crippen LogP contribution in [0.4, 0.5) is 0 Å². The fraction of sp³-hybridized carbons (Fsp3) is 0.462. The Balaban J connectivity index is 2.58. The molecule has 0 aliphatic rings. The number of carboxylic acids is 1. The number of aliphatic carboxylic acids is 1. The van der Waals surface area contributed by atoms with Crippen LogP contribution in [0.2, 0.25) is 0 Å². The first-order chi connectivity index (χ1) is 9.02. The average Bonchev–Trinajstić information content (AvgIpc) is 2.32. The van der Waals surface area contributed by atoms with Gasteiger partial charge in [-0.1, -0.05) is 6.07 Å². The van der Waals surface area contributed by atoms with E-state index in [9.17, 15) is 15.0 Å². The van der Waals surface area contributed by atoms with E-state index >= 15 is 0 Å². The predicted octanol–water partition coefficient (Wildman–Crippen LogP) is 0.313. The maximum Gasteiger partial charge on any atom is 0.317 e. The van der Waals surface area contributed by atoms with Gasteiger partial charge in [0.2, 0.25) is 0 Å². The SMILES string of the molecule is O=C(O)CNCC(CCO)Cc1ccc(O)cc1O. The number of benzene rings is 1. The molecule has 0 spiro atoms. The van der Waals surface area contributed by atoms with Crippen LogP contribution in [0.5, 0.6) is 11.5 Å². The van der Waals surface area contributed by atoms with Crippen molar-refractivity contribution in [2.24, 2.45) is 5.92 Å². The molecule has 106 valence electrons. The Labute approximate surface area is 111 Å². The van der Waals surface area contributed by atoms with Gasteiger partial charge in [0.1, 0.15) is 11.5 Å². The third kappa shape index (κ3) is 5.58. The summed E-state index contributed by atoms with van der Waals surface area (Å²) in [5.41, 5.74) is 0.661. The summed E-state index contributed by atoms with van der Waals surface area (Å²) in [5.74, 6) is -0.930. The Morgan fingerprint density at radius 2 is 2.05 bits per heavy atom. The second-order valence-electron chi connectivity index (χ2n) is 4.42. The monoisotopic (exact) mass is 269 g/mol. The van der Waals surface area contributed by atoms with Crippen molar-refractivity contribution in [1.82, 2.24) is 5.32 Å². The standard InChI is InChI=1S/C13H19NO5/c15-4-3-9(7-14-8-13(18)19)5-10-1-2-11(16)6-12(10)17/h1-2,6,9,14-17H,3-5,7-8H2,(H,18,19). The Hall–Kier alpha value is -1.79. The van der Waals surface area contributed by atoms with Crippen molar-refractivity contribution in [1.29, 1.82) is 0 Å². The Morgan fingerprint density at radius 1 is 1.32 bits per heavy atom. The first-order valence-corrected chi connectivity index (χ1v) is 6.07. The molecule has 1 unspecified atom stereocenters. The molecule has 0 bridgehead atoms. The van der Waals surface area contributed by atoms with Gasteiger partial charge in [-0.3, -0.25) is 4.79 Å². The fourth-order valence-electron chi connectivity index (χ4n) is 1.88. The largest absolute Gasteiger partial charge is 0.508 e. The molecule has 1 aromatic carbocycles. The topological polar surface area (TPSA) is 110 Å². The van der Waals surface area contributed by atoms with Crippen molar-refractivity contribution in [3.8, 4) is 11.5 Å². The van der Waals surface area contributed by atoms with E-state index in [1.807, 2.05) is 0 Å². The average molecular weight is 269 g/mol. The Bertz CT molecular complexity index is 421. The number of phenolic OH excluding ortho intramolecular Hbond substituents is 2. The van der Waals surface area contributed by atoms with Gasteiger partial charge in [-0.2, -0.15) is 0 Å². The quantitative estimate of drug-likeness (QED) is 0.465. The van der Waals surface area contributed by atoms with Crippen LogP contribution in [0.25, 0.3) is 0 Å². The summed E-state index contributed by atoms with van der Waals surface area (Å²) in [6, 6.07) is 4.36. The number of hydrogen-bond acceptors (Lipinski definition) is 5. The number of aliphatic hydroxyl groups is 1. The molecule has 0 saturated heterocycles. The highest BCUT2D eigenvalue weighted by Gasteiger charge is 2.12. The molecule has 0 heterocycles. The first kappa shape index (κ1) is 15.3. The van der Waals surface area contributed by atoms with Crippen LogP contribution in [-0.2, 0) is 11.2 Å². The lowest BCUT2D eigenvalue weighted by molar-refractivity contribution is -0.136. The molecule has 6 nitrogen and oxygen atoms in total. The number of aliphatic hydroxyl groups excluding tert-OH is 1. The summed E-state index contributed by atoms with van der Waals surface area (Å²) in [6.07, 6.45) is 1.01. The van der Waals surface area contributed by atoms with Crippen molar-refractivity contribution in [3.63, 3.8) is 0 Å². The molecule has 5 N–H and O–H groups in total. The minimum absolute atomic E-state index is 0.00109. The van der Waals surface area contributed by atoms with E-state index in [0.29, 0.717) is 24.9 Å². The van der Waals surface area contributed by atoms with Gasteiger partial charge in [0.25, 0.3) is 0 Å². The highest BCUT2D eigenvalue weighted by Crippen LogP contribution is 2.25. The summed E-state index contributed by atoms with van der Waals surface area (Å²) in [6.45, 7) is 0.301. The molecule has 19 heavy (non-hydrogen) atoms. The minimum Gasteiger partial charge on any atom is -0.508 e. The van der Waals surface area contributed by atoms with Crippen LogP contribution >= 0.6 is 0 Å². The van der Waals surface area contributed by atoms with Crippen molar-refractivity contribution in [3.05, 3.63) is 23.8 Å². The van der Waals surface area contributed by atoms with Crippen LogP contribution < -0.4 is 5.32 Å². The third-order valence-electron chi connectivity index (χ3n) is 2.82. The number of carboxylic acid groups (broad SMARTS) is 1. The smallest absolute Gasteiger partial charge is 0.317 e. The first-order valence-electron chi connectivity index (χ1n) is 6.07. The molecule has 6 heteroatoms. The number of phenols is 2. The molecular weight excluding hydrogens is 250 g/mol. The number of aromatic hydroxyl groups is 2. The van der Waals surface area contributed by atoms with Crippen molar-refractivity contribution < 1.29 is 25.2 Å². The highest BCUT2D eigenvalue weighted by molar-refractivity contribution is 5.68. The second kappa shape index (κ2) is 7.60. The lowest BCUT2D eigenvalue weighted by Crippen LogP contribution is -2.29. The van der Waals surface area contributed by atoms with Crippen molar-refractivity contribution in [2.45, 2.75) is 12.8 Å². The molecule has 0 aliphatic carbocycles. The summed E-state index contributed by atoms with van der Waals surface area (Å²) in [5, 5.41) is 39.2. The van der Waals surface area contributed by atoms with Crippen LogP contribution in [0.1, 0.15) is 12.0 Å². The zero-order chi connectivity index (χ0) is 14.3. The molecule has 1 aromatic rings. The molecule has 0 saturated carbocycles. The Kier molecular flexibility index (Phi) is 6.11. The normalized spacial score (nSPS) is 12.3. The fourth-order valence-corrected chi connectivity index (χ4v) is 1.88. The van der Waals surface area contributed by atoms with E-state index in [-0.39, 0.29) is 30.6 Å². The van der Waals surface area contributed by atoms with Crippen LogP contribution in [0.3, 0.4) is 0 Å². The minimum atomic E-state index is -0.935. The van der Waals surface area contributed by atoms with Crippen LogP contribution in [0, 0.1) is 5.92 Å². The summed E-state index contributed by atoms with van der Waals surface area (Å²) in [4.78, 5) is 10.4. The molecule has 0 aromatic heterocycles. The summed E-state index contributed by atoms with van der Waals surface area (Å²) in [7, 11) is 0. The number of hydrogen-bond donors (Lipinski definition) is 5. The Morgan fingerprint density at radius 3 is 2.63 bits per heavy atom. The molecule has 0 aliphatic heterocycles. The molecule has 0 amide bonds. The molecule has 0 radical (unpaired) electrons. The lowest BCUT2D eigenvalue weighted by Gasteiger charge is -2.17. The number of nitrogens with one attached hydrogen (secondary N) is 1. The maximum absolute atomic E-state index is 10.4. The predicted molar refractivity (Wildman–Crippen MR) is 69.2 cm³/mol. The van der Waals surface area contributed by atoms with E-state index in [1.165, 1.54) is 12.1 Å². The van der Waals surface area contributed by atoms with Crippen molar-refractivity contribution >= 4 is 5.97 Å². The second-order valence-corrected chi connectivity index (χ2v) is 4.42. The van der Waals surface area contributed by atoms with E-state index in [2.05, 4.69) is 5.32 Å². The third-order valence-corrected chi connectivity index (χ3v) is 2.82. The van der Waals surface area contributed by atoms with Crippen LogP contribution in [-0.4, -0.2) is 46.1 Å². The molecule has 1 rings (SSSR count).